The second-order valence-electron chi connectivity index (χ2n) is 5.96. The molecule has 1 saturated carbocycles. The van der Waals surface area contributed by atoms with E-state index in [2.05, 4.69) is 16.6 Å². The number of nitrogens with two attached hydrogens (primary N) is 1. The van der Waals surface area contributed by atoms with E-state index < -0.39 is 10.0 Å². The van der Waals surface area contributed by atoms with E-state index in [1.165, 1.54) is 0 Å². The molecule has 0 aromatic carbocycles. The van der Waals surface area contributed by atoms with Crippen LogP contribution in [0.5, 0.6) is 0 Å². The summed E-state index contributed by atoms with van der Waals surface area (Å²) >= 11 is 0. The molecule has 0 bridgehead atoms. The summed E-state index contributed by atoms with van der Waals surface area (Å²) in [5.41, 5.74) is 5.94. The number of hydrogen-bond acceptors (Lipinski definition) is 4. The van der Waals surface area contributed by atoms with E-state index in [0.717, 1.165) is 44.5 Å². The molecule has 1 aliphatic carbocycles. The van der Waals surface area contributed by atoms with Gasteiger partial charge in [-0.15, -0.1) is 0 Å². The fourth-order valence-corrected chi connectivity index (χ4v) is 4.02. The Morgan fingerprint density at radius 3 is 2.90 bits per heavy atom. The van der Waals surface area contributed by atoms with Crippen molar-refractivity contribution >= 4 is 10.0 Å². The van der Waals surface area contributed by atoms with Crippen molar-refractivity contribution in [1.29, 1.82) is 0 Å². The lowest BCUT2D eigenvalue weighted by Crippen LogP contribution is -2.35. The van der Waals surface area contributed by atoms with Gasteiger partial charge < -0.3 is 10.3 Å². The summed E-state index contributed by atoms with van der Waals surface area (Å²) in [6.45, 7) is 5.12. The van der Waals surface area contributed by atoms with E-state index in [1.807, 2.05) is 11.5 Å². The summed E-state index contributed by atoms with van der Waals surface area (Å²) in [6, 6.07) is 0.208. The summed E-state index contributed by atoms with van der Waals surface area (Å²) < 4.78 is 29.2. The number of nitrogens with zero attached hydrogens (tertiary/aromatic N) is 2. The van der Waals surface area contributed by atoms with E-state index in [1.54, 1.807) is 6.20 Å². The van der Waals surface area contributed by atoms with E-state index in [-0.39, 0.29) is 11.1 Å². The molecule has 1 aromatic heterocycles. The summed E-state index contributed by atoms with van der Waals surface area (Å²) in [7, 11) is -3.52. The number of sulfonamides is 1. The first-order valence-electron chi connectivity index (χ1n) is 7.71. The molecule has 3 N–H and O–H groups in total. The van der Waals surface area contributed by atoms with Crippen molar-refractivity contribution in [2.45, 2.75) is 63.6 Å². The van der Waals surface area contributed by atoms with Crippen LogP contribution in [-0.2, 0) is 16.6 Å². The summed E-state index contributed by atoms with van der Waals surface area (Å²) in [6.07, 6.45) is 6.63. The van der Waals surface area contributed by atoms with Crippen LogP contribution < -0.4 is 10.5 Å². The van der Waals surface area contributed by atoms with Gasteiger partial charge in [0.15, 0.2) is 5.03 Å². The fraction of sp³-hybridized carbons (Fsp3) is 0.786. The van der Waals surface area contributed by atoms with Gasteiger partial charge in [-0.25, -0.2) is 18.1 Å². The average molecular weight is 314 g/mol. The number of aryl methyl sites for hydroxylation is 2. The van der Waals surface area contributed by atoms with Crippen molar-refractivity contribution in [1.82, 2.24) is 14.3 Å². The predicted molar refractivity (Wildman–Crippen MR) is 82.4 cm³/mol. The van der Waals surface area contributed by atoms with Gasteiger partial charge in [-0.3, -0.25) is 0 Å². The van der Waals surface area contributed by atoms with Gasteiger partial charge >= 0.3 is 0 Å². The second kappa shape index (κ2) is 6.89. The minimum Gasteiger partial charge on any atom is -0.334 e. The second-order valence-corrected chi connectivity index (χ2v) is 7.68. The van der Waals surface area contributed by atoms with E-state index in [4.69, 9.17) is 5.73 Å². The van der Waals surface area contributed by atoms with Crippen molar-refractivity contribution in [3.8, 4) is 0 Å². The third kappa shape index (κ3) is 4.28. The van der Waals surface area contributed by atoms with Crippen molar-refractivity contribution in [3.05, 3.63) is 12.0 Å². The van der Waals surface area contributed by atoms with Gasteiger partial charge in [0.25, 0.3) is 10.0 Å². The molecule has 1 aliphatic rings. The highest BCUT2D eigenvalue weighted by atomic mass is 32.2. The Labute approximate surface area is 127 Å². The molecular formula is C14H26N4O2S. The summed E-state index contributed by atoms with van der Waals surface area (Å²) in [4.78, 5) is 4.17. The first-order valence-corrected chi connectivity index (χ1v) is 9.19. The van der Waals surface area contributed by atoms with Crippen LogP contribution in [0.4, 0.5) is 0 Å². The highest BCUT2D eigenvalue weighted by molar-refractivity contribution is 7.89. The Bertz CT molecular complexity index is 568. The Hall–Kier alpha value is -0.920. The molecule has 2 unspecified atom stereocenters. The molecule has 1 fully saturated rings. The molecule has 1 aromatic rings. The average Bonchev–Trinajstić information content (AvgIpc) is 2.80. The summed E-state index contributed by atoms with van der Waals surface area (Å²) in [5, 5.41) is 0.119. The molecule has 2 rings (SSSR count). The van der Waals surface area contributed by atoms with Crippen LogP contribution in [0.15, 0.2) is 11.2 Å². The zero-order chi connectivity index (χ0) is 15.5. The minimum absolute atomic E-state index is 0.119. The molecule has 0 aliphatic heterocycles. The first-order chi connectivity index (χ1) is 9.92. The van der Waals surface area contributed by atoms with Crippen LogP contribution in [0.2, 0.25) is 0 Å². The Kier molecular flexibility index (Phi) is 5.40. The minimum atomic E-state index is -3.52. The van der Waals surface area contributed by atoms with Gasteiger partial charge in [-0.2, -0.15) is 0 Å². The number of rotatable bonds is 6. The first kappa shape index (κ1) is 16.5. The van der Waals surface area contributed by atoms with Gasteiger partial charge in [0.2, 0.25) is 0 Å². The third-order valence-electron chi connectivity index (χ3n) is 4.08. The predicted octanol–water partition coefficient (Wildman–Crippen LogP) is 1.40. The van der Waals surface area contributed by atoms with Crippen molar-refractivity contribution < 1.29 is 8.42 Å². The maximum atomic E-state index is 12.3. The quantitative estimate of drug-likeness (QED) is 0.830. The molecule has 0 spiro atoms. The number of aromatic nitrogens is 2. The molecule has 7 heteroatoms. The van der Waals surface area contributed by atoms with Gasteiger partial charge in [0.1, 0.15) is 5.82 Å². The van der Waals surface area contributed by atoms with Crippen molar-refractivity contribution in [2.24, 2.45) is 11.7 Å². The number of nitrogens with one attached hydrogen (secondary N) is 1. The van der Waals surface area contributed by atoms with Crippen LogP contribution in [-0.4, -0.2) is 30.6 Å². The Morgan fingerprint density at radius 1 is 1.48 bits per heavy atom. The highest BCUT2D eigenvalue weighted by Crippen LogP contribution is 2.22. The van der Waals surface area contributed by atoms with Crippen LogP contribution in [0, 0.1) is 12.8 Å². The molecule has 21 heavy (non-hydrogen) atoms. The van der Waals surface area contributed by atoms with Gasteiger partial charge in [0.05, 0.1) is 0 Å². The normalized spacial score (nSPS) is 23.4. The molecule has 6 nitrogen and oxygen atoms in total. The molecule has 1 heterocycles. The topological polar surface area (TPSA) is 90.0 Å². The van der Waals surface area contributed by atoms with Crippen molar-refractivity contribution in [2.75, 3.05) is 6.54 Å². The van der Waals surface area contributed by atoms with Crippen molar-refractivity contribution in [3.63, 3.8) is 0 Å². The standard InChI is InChI=1S/C14H26N4O2S/c1-3-7-18-10-14(17-11(18)2)21(19,20)16-9-12-5-4-6-13(15)8-12/h10,12-13,16H,3-9,15H2,1-2H3. The molecule has 120 valence electrons. The zero-order valence-electron chi connectivity index (χ0n) is 12.9. The number of imidazole rings is 1. The van der Waals surface area contributed by atoms with Gasteiger partial charge in [0, 0.05) is 25.3 Å². The number of hydrogen-bond donors (Lipinski definition) is 2. The largest absolute Gasteiger partial charge is 0.334 e. The molecular weight excluding hydrogens is 288 g/mol. The van der Waals surface area contributed by atoms with Gasteiger partial charge in [-0.1, -0.05) is 13.3 Å². The van der Waals surface area contributed by atoms with Gasteiger partial charge in [-0.05, 0) is 38.5 Å². The maximum Gasteiger partial charge on any atom is 0.259 e. The lowest BCUT2D eigenvalue weighted by atomic mass is 9.86. The highest BCUT2D eigenvalue weighted by Gasteiger charge is 2.23. The fourth-order valence-electron chi connectivity index (χ4n) is 2.90. The SMILES string of the molecule is CCCn1cc(S(=O)(=O)NCC2CCCC(N)C2)nc1C. The Morgan fingerprint density at radius 2 is 2.24 bits per heavy atom. The van der Waals surface area contributed by atoms with Crippen LogP contribution >= 0.6 is 0 Å². The summed E-state index contributed by atoms with van der Waals surface area (Å²) in [5.74, 6) is 1.07. The van der Waals surface area contributed by atoms with E-state index in [9.17, 15) is 8.42 Å². The molecule has 2 atom stereocenters. The lowest BCUT2D eigenvalue weighted by molar-refractivity contribution is 0.322. The zero-order valence-corrected chi connectivity index (χ0v) is 13.7. The van der Waals surface area contributed by atoms with E-state index in [0.29, 0.717) is 12.5 Å². The van der Waals surface area contributed by atoms with Crippen LogP contribution in [0.25, 0.3) is 0 Å². The molecule has 0 amide bonds. The molecule has 0 radical (unpaired) electrons. The van der Waals surface area contributed by atoms with Crippen LogP contribution in [0.3, 0.4) is 0 Å². The maximum absolute atomic E-state index is 12.3. The lowest BCUT2D eigenvalue weighted by Gasteiger charge is -2.26. The Balaban J connectivity index is 1.99. The molecule has 0 saturated heterocycles. The van der Waals surface area contributed by atoms with Crippen LogP contribution in [0.1, 0.15) is 44.9 Å². The monoisotopic (exact) mass is 314 g/mol. The smallest absolute Gasteiger partial charge is 0.259 e. The third-order valence-corrected chi connectivity index (χ3v) is 5.37. The van der Waals surface area contributed by atoms with E-state index >= 15 is 0 Å².